The van der Waals surface area contributed by atoms with Crippen molar-refractivity contribution < 1.29 is 9.90 Å². The second kappa shape index (κ2) is 7.20. The highest BCUT2D eigenvalue weighted by Gasteiger charge is 1.99. The van der Waals surface area contributed by atoms with Crippen molar-refractivity contribution in [3.63, 3.8) is 0 Å². The van der Waals surface area contributed by atoms with Gasteiger partial charge in [0, 0.05) is 31.0 Å². The number of aliphatic carboxylic acids is 1. The van der Waals surface area contributed by atoms with Gasteiger partial charge in [-0.15, -0.1) is 0 Å². The molecular weight excluding hydrogens is 256 g/mol. The van der Waals surface area contributed by atoms with Gasteiger partial charge in [-0.2, -0.15) is 0 Å². The number of benzene rings is 1. The van der Waals surface area contributed by atoms with Crippen LogP contribution in [0, 0.1) is 0 Å². The second-order valence-corrected chi connectivity index (χ2v) is 4.25. The fraction of sp³-hybridized carbons (Fsp3) is 0.214. The van der Waals surface area contributed by atoms with Crippen molar-refractivity contribution in [1.82, 2.24) is 15.3 Å². The first-order valence-corrected chi connectivity index (χ1v) is 6.25. The maximum Gasteiger partial charge on any atom is 0.317 e. The summed E-state index contributed by atoms with van der Waals surface area (Å²) < 4.78 is 0. The lowest BCUT2D eigenvalue weighted by Crippen LogP contribution is -2.22. The molecule has 0 unspecified atom stereocenters. The zero-order valence-electron chi connectivity index (χ0n) is 10.9. The standard InChI is InChI=1S/C14H16N4O2/c19-13(20)10-15-6-12-8-17-14(18-9-12)16-7-11-4-2-1-3-5-11/h1-5,8-9,15H,6-7,10H2,(H,19,20)(H,16,17,18). The molecule has 0 fully saturated rings. The Labute approximate surface area is 116 Å². The second-order valence-electron chi connectivity index (χ2n) is 4.25. The molecule has 0 saturated carbocycles. The van der Waals surface area contributed by atoms with E-state index < -0.39 is 5.97 Å². The predicted molar refractivity (Wildman–Crippen MR) is 75.1 cm³/mol. The zero-order chi connectivity index (χ0) is 14.2. The highest BCUT2D eigenvalue weighted by atomic mass is 16.4. The van der Waals surface area contributed by atoms with Crippen LogP contribution in [0.2, 0.25) is 0 Å². The van der Waals surface area contributed by atoms with E-state index in [0.29, 0.717) is 19.0 Å². The summed E-state index contributed by atoms with van der Waals surface area (Å²) >= 11 is 0. The minimum absolute atomic E-state index is 0.0754. The Morgan fingerprint density at radius 2 is 1.75 bits per heavy atom. The molecule has 1 heterocycles. The summed E-state index contributed by atoms with van der Waals surface area (Å²) in [6.45, 7) is 1.02. The quantitative estimate of drug-likeness (QED) is 0.703. The average molecular weight is 272 g/mol. The largest absolute Gasteiger partial charge is 0.480 e. The van der Waals surface area contributed by atoms with Crippen molar-refractivity contribution in [3.8, 4) is 0 Å². The molecule has 20 heavy (non-hydrogen) atoms. The molecule has 0 spiro atoms. The Kier molecular flexibility index (Phi) is 5.02. The van der Waals surface area contributed by atoms with Crippen LogP contribution in [0.15, 0.2) is 42.7 Å². The molecule has 2 rings (SSSR count). The highest BCUT2D eigenvalue weighted by molar-refractivity contribution is 5.68. The third kappa shape index (κ3) is 4.66. The van der Waals surface area contributed by atoms with Gasteiger partial charge in [-0.25, -0.2) is 9.97 Å². The zero-order valence-corrected chi connectivity index (χ0v) is 10.9. The molecule has 6 heteroatoms. The van der Waals surface area contributed by atoms with Crippen molar-refractivity contribution >= 4 is 11.9 Å². The Hall–Kier alpha value is -2.47. The van der Waals surface area contributed by atoms with Gasteiger partial charge in [0.25, 0.3) is 0 Å². The molecular formula is C14H16N4O2. The average Bonchev–Trinajstić information content (AvgIpc) is 2.47. The molecule has 0 aliphatic heterocycles. The number of carboxylic acids is 1. The fourth-order valence-corrected chi connectivity index (χ4v) is 1.63. The molecule has 0 atom stereocenters. The molecule has 6 nitrogen and oxygen atoms in total. The molecule has 2 aromatic rings. The van der Waals surface area contributed by atoms with E-state index in [4.69, 9.17) is 5.11 Å². The predicted octanol–water partition coefficient (Wildman–Crippen LogP) is 1.26. The van der Waals surface area contributed by atoms with Crippen LogP contribution in [0.1, 0.15) is 11.1 Å². The molecule has 1 aromatic carbocycles. The number of hydrogen-bond donors (Lipinski definition) is 3. The van der Waals surface area contributed by atoms with Crippen LogP contribution in [-0.2, 0) is 17.9 Å². The first kappa shape index (κ1) is 14.0. The van der Waals surface area contributed by atoms with Crippen molar-refractivity contribution in [3.05, 3.63) is 53.9 Å². The summed E-state index contributed by atoms with van der Waals surface area (Å²) in [6, 6.07) is 9.98. The van der Waals surface area contributed by atoms with E-state index in [2.05, 4.69) is 20.6 Å². The Morgan fingerprint density at radius 1 is 1.05 bits per heavy atom. The van der Waals surface area contributed by atoms with Crippen LogP contribution >= 0.6 is 0 Å². The van der Waals surface area contributed by atoms with Crippen LogP contribution in [0.25, 0.3) is 0 Å². The van der Waals surface area contributed by atoms with Gasteiger partial charge < -0.3 is 15.7 Å². The van der Waals surface area contributed by atoms with Crippen LogP contribution < -0.4 is 10.6 Å². The summed E-state index contributed by atoms with van der Waals surface area (Å²) in [5.41, 5.74) is 2.00. The third-order valence-electron chi connectivity index (χ3n) is 2.60. The van der Waals surface area contributed by atoms with Gasteiger partial charge in [0.05, 0.1) is 6.54 Å². The molecule has 0 aliphatic carbocycles. The Bertz CT molecular complexity index is 543. The number of aromatic nitrogens is 2. The number of rotatable bonds is 7. The fourth-order valence-electron chi connectivity index (χ4n) is 1.63. The number of hydrogen-bond acceptors (Lipinski definition) is 5. The SMILES string of the molecule is O=C(O)CNCc1cnc(NCc2ccccc2)nc1. The molecule has 1 aromatic heterocycles. The molecule has 0 radical (unpaired) electrons. The number of nitrogens with zero attached hydrogens (tertiary/aromatic N) is 2. The van der Waals surface area contributed by atoms with Crippen molar-refractivity contribution in [2.24, 2.45) is 0 Å². The topological polar surface area (TPSA) is 87.1 Å². The van der Waals surface area contributed by atoms with E-state index >= 15 is 0 Å². The summed E-state index contributed by atoms with van der Waals surface area (Å²) in [4.78, 5) is 18.7. The van der Waals surface area contributed by atoms with Gasteiger partial charge in [0.2, 0.25) is 5.95 Å². The summed E-state index contributed by atoms with van der Waals surface area (Å²) in [7, 11) is 0. The number of carboxylic acid groups (broad SMARTS) is 1. The summed E-state index contributed by atoms with van der Waals surface area (Å²) in [6.07, 6.45) is 3.35. The minimum Gasteiger partial charge on any atom is -0.480 e. The molecule has 0 aliphatic rings. The van der Waals surface area contributed by atoms with E-state index in [9.17, 15) is 4.79 Å². The van der Waals surface area contributed by atoms with Crippen molar-refractivity contribution in [1.29, 1.82) is 0 Å². The molecule has 0 bridgehead atoms. The molecule has 0 amide bonds. The van der Waals surface area contributed by atoms with Gasteiger partial charge in [-0.1, -0.05) is 30.3 Å². The van der Waals surface area contributed by atoms with E-state index in [1.54, 1.807) is 12.4 Å². The third-order valence-corrected chi connectivity index (χ3v) is 2.60. The normalized spacial score (nSPS) is 10.2. The lowest BCUT2D eigenvalue weighted by Gasteiger charge is -2.06. The van der Waals surface area contributed by atoms with Gasteiger partial charge in [-0.05, 0) is 5.56 Å². The Morgan fingerprint density at radius 3 is 2.40 bits per heavy atom. The van der Waals surface area contributed by atoms with Crippen LogP contribution in [-0.4, -0.2) is 27.6 Å². The monoisotopic (exact) mass is 272 g/mol. The number of anilines is 1. The lowest BCUT2D eigenvalue weighted by molar-refractivity contribution is -0.135. The summed E-state index contributed by atoms with van der Waals surface area (Å²) in [5.74, 6) is -0.331. The van der Waals surface area contributed by atoms with E-state index in [-0.39, 0.29) is 6.54 Å². The van der Waals surface area contributed by atoms with Crippen LogP contribution in [0.3, 0.4) is 0 Å². The molecule has 104 valence electrons. The van der Waals surface area contributed by atoms with Gasteiger partial charge >= 0.3 is 5.97 Å². The van der Waals surface area contributed by atoms with E-state index in [0.717, 1.165) is 11.1 Å². The van der Waals surface area contributed by atoms with Crippen molar-refractivity contribution in [2.45, 2.75) is 13.1 Å². The molecule has 3 N–H and O–H groups in total. The lowest BCUT2D eigenvalue weighted by atomic mass is 10.2. The van der Waals surface area contributed by atoms with Crippen molar-refractivity contribution in [2.75, 3.05) is 11.9 Å². The maximum absolute atomic E-state index is 10.4. The number of carbonyl (C=O) groups is 1. The minimum atomic E-state index is -0.882. The van der Waals surface area contributed by atoms with E-state index in [1.807, 2.05) is 30.3 Å². The number of nitrogens with one attached hydrogen (secondary N) is 2. The smallest absolute Gasteiger partial charge is 0.317 e. The Balaban J connectivity index is 1.81. The maximum atomic E-state index is 10.4. The van der Waals surface area contributed by atoms with Gasteiger partial charge in [0.1, 0.15) is 0 Å². The molecule has 0 saturated heterocycles. The highest BCUT2D eigenvalue weighted by Crippen LogP contribution is 2.04. The van der Waals surface area contributed by atoms with Crippen LogP contribution in [0.5, 0.6) is 0 Å². The summed E-state index contributed by atoms with van der Waals surface area (Å²) in [5, 5.41) is 14.4. The first-order valence-electron chi connectivity index (χ1n) is 6.25. The first-order chi connectivity index (χ1) is 9.74. The van der Waals surface area contributed by atoms with Gasteiger partial charge in [0.15, 0.2) is 0 Å². The van der Waals surface area contributed by atoms with Gasteiger partial charge in [-0.3, -0.25) is 4.79 Å². The van der Waals surface area contributed by atoms with E-state index in [1.165, 1.54) is 0 Å². The van der Waals surface area contributed by atoms with Crippen LogP contribution in [0.4, 0.5) is 5.95 Å².